The Hall–Kier alpha value is -2.47. The van der Waals surface area contributed by atoms with Crippen LogP contribution in [0, 0.1) is 0 Å². The van der Waals surface area contributed by atoms with Crippen LogP contribution >= 0.6 is 23.4 Å². The summed E-state index contributed by atoms with van der Waals surface area (Å²) < 4.78 is 27.4. The summed E-state index contributed by atoms with van der Waals surface area (Å²) in [5.74, 6) is -0.476. The van der Waals surface area contributed by atoms with Crippen LogP contribution in [-0.4, -0.2) is 59.2 Å². The average Bonchev–Trinajstić information content (AvgIpc) is 3.17. The van der Waals surface area contributed by atoms with Gasteiger partial charge in [0, 0.05) is 25.3 Å². The molecule has 9 nitrogen and oxygen atoms in total. The number of tetrazole rings is 1. The summed E-state index contributed by atoms with van der Waals surface area (Å²) in [6.45, 7) is 0. The van der Waals surface area contributed by atoms with Gasteiger partial charge in [0.05, 0.1) is 10.7 Å². The highest BCUT2D eigenvalue weighted by molar-refractivity contribution is 7.98. The Morgan fingerprint density at radius 2 is 1.97 bits per heavy atom. The van der Waals surface area contributed by atoms with Crippen molar-refractivity contribution in [3.8, 4) is 5.69 Å². The number of carbonyl (C=O) groups is 1. The van der Waals surface area contributed by atoms with E-state index in [4.69, 9.17) is 11.6 Å². The van der Waals surface area contributed by atoms with Gasteiger partial charge >= 0.3 is 0 Å². The first-order chi connectivity index (χ1) is 13.7. The van der Waals surface area contributed by atoms with Crippen LogP contribution in [0.25, 0.3) is 5.69 Å². The molecule has 12 heteroatoms. The number of nitrogens with zero attached hydrogens (tertiary/aromatic N) is 5. The lowest BCUT2D eigenvalue weighted by Crippen LogP contribution is -2.23. The van der Waals surface area contributed by atoms with E-state index in [9.17, 15) is 13.2 Å². The van der Waals surface area contributed by atoms with Crippen LogP contribution in [-0.2, 0) is 10.0 Å². The molecular formula is C17H17ClN6O3S2. The molecule has 0 saturated carbocycles. The van der Waals surface area contributed by atoms with Gasteiger partial charge in [-0.15, -0.1) is 5.10 Å². The number of rotatable bonds is 6. The summed E-state index contributed by atoms with van der Waals surface area (Å²) in [4.78, 5) is 12.5. The summed E-state index contributed by atoms with van der Waals surface area (Å²) in [7, 11) is -0.998. The molecule has 0 bridgehead atoms. The van der Waals surface area contributed by atoms with Crippen LogP contribution < -0.4 is 5.32 Å². The minimum atomic E-state index is -3.79. The quantitative estimate of drug-likeness (QED) is 0.572. The van der Waals surface area contributed by atoms with Gasteiger partial charge in [0.1, 0.15) is 4.90 Å². The van der Waals surface area contributed by atoms with Gasteiger partial charge in [-0.25, -0.2) is 12.7 Å². The zero-order valence-corrected chi connectivity index (χ0v) is 18.1. The van der Waals surface area contributed by atoms with Crippen LogP contribution in [0.1, 0.15) is 10.4 Å². The van der Waals surface area contributed by atoms with Crippen molar-refractivity contribution < 1.29 is 13.2 Å². The predicted molar refractivity (Wildman–Crippen MR) is 111 cm³/mol. The van der Waals surface area contributed by atoms with Crippen molar-refractivity contribution >= 4 is 45.0 Å². The van der Waals surface area contributed by atoms with Crippen molar-refractivity contribution in [1.29, 1.82) is 0 Å². The second-order valence-electron chi connectivity index (χ2n) is 6.01. The van der Waals surface area contributed by atoms with Crippen molar-refractivity contribution in [3.05, 3.63) is 53.1 Å². The van der Waals surface area contributed by atoms with Gasteiger partial charge < -0.3 is 5.32 Å². The number of halogens is 1. The first-order valence-electron chi connectivity index (χ1n) is 8.20. The Morgan fingerprint density at radius 1 is 1.21 bits per heavy atom. The zero-order chi connectivity index (χ0) is 21.2. The third-order valence-corrected chi connectivity index (χ3v) is 6.84. The molecule has 29 heavy (non-hydrogen) atoms. The summed E-state index contributed by atoms with van der Waals surface area (Å²) >= 11 is 7.42. The number of amides is 1. The maximum absolute atomic E-state index is 12.7. The number of benzene rings is 2. The predicted octanol–water partition coefficient (Wildman–Crippen LogP) is 2.54. The second kappa shape index (κ2) is 8.49. The molecule has 0 spiro atoms. The lowest BCUT2D eigenvalue weighted by Gasteiger charge is -2.14. The van der Waals surface area contributed by atoms with Crippen LogP contribution in [0.5, 0.6) is 0 Å². The van der Waals surface area contributed by atoms with Gasteiger partial charge in [-0.2, -0.15) is 4.68 Å². The van der Waals surface area contributed by atoms with Crippen LogP contribution in [0.3, 0.4) is 0 Å². The largest absolute Gasteiger partial charge is 0.322 e. The average molecular weight is 453 g/mol. The molecule has 0 atom stereocenters. The first-order valence-corrected chi connectivity index (χ1v) is 11.2. The number of hydrogen-bond donors (Lipinski definition) is 1. The smallest absolute Gasteiger partial charge is 0.255 e. The number of anilines is 1. The topological polar surface area (TPSA) is 110 Å². The van der Waals surface area contributed by atoms with Gasteiger partial charge in [0.15, 0.2) is 0 Å². The highest BCUT2D eigenvalue weighted by Gasteiger charge is 2.22. The standard InChI is InChI=1S/C17H17ClN6O3S2/c1-23(2)29(26,27)15-9-11(7-8-14(15)18)16(25)19-12-5-4-6-13(10-12)24-17(28-3)20-21-22-24/h4-10H,1-3H3,(H,19,25). The number of carbonyl (C=O) groups excluding carboxylic acids is 1. The van der Waals surface area contributed by atoms with Crippen molar-refractivity contribution in [2.24, 2.45) is 0 Å². The van der Waals surface area contributed by atoms with E-state index in [0.717, 1.165) is 4.31 Å². The lowest BCUT2D eigenvalue weighted by atomic mass is 10.2. The molecule has 0 aliphatic rings. The third-order valence-electron chi connectivity index (χ3n) is 3.92. The van der Waals surface area contributed by atoms with Crippen LogP contribution in [0.2, 0.25) is 5.02 Å². The molecule has 0 saturated heterocycles. The molecular weight excluding hydrogens is 436 g/mol. The number of hydrogen-bond acceptors (Lipinski definition) is 7. The monoisotopic (exact) mass is 452 g/mol. The molecule has 1 heterocycles. The highest BCUT2D eigenvalue weighted by Crippen LogP contribution is 2.25. The Labute approximate surface area is 177 Å². The SMILES string of the molecule is CSc1nnnn1-c1cccc(NC(=O)c2ccc(Cl)c(S(=O)(=O)N(C)C)c2)c1. The lowest BCUT2D eigenvalue weighted by molar-refractivity contribution is 0.102. The van der Waals surface area contributed by atoms with Crippen molar-refractivity contribution in [2.45, 2.75) is 10.1 Å². The Morgan fingerprint density at radius 3 is 2.66 bits per heavy atom. The molecule has 1 amide bonds. The van der Waals surface area contributed by atoms with E-state index >= 15 is 0 Å². The van der Waals surface area contributed by atoms with E-state index in [1.807, 2.05) is 6.26 Å². The molecule has 0 fully saturated rings. The Kier molecular flexibility index (Phi) is 6.22. The molecule has 0 unspecified atom stereocenters. The van der Waals surface area contributed by atoms with E-state index in [-0.39, 0.29) is 15.5 Å². The van der Waals surface area contributed by atoms with Gasteiger partial charge in [0.2, 0.25) is 15.2 Å². The van der Waals surface area contributed by atoms with Crippen molar-refractivity contribution in [3.63, 3.8) is 0 Å². The van der Waals surface area contributed by atoms with Crippen molar-refractivity contribution in [2.75, 3.05) is 25.7 Å². The number of nitrogens with one attached hydrogen (secondary N) is 1. The van der Waals surface area contributed by atoms with E-state index < -0.39 is 15.9 Å². The van der Waals surface area contributed by atoms with E-state index in [2.05, 4.69) is 20.8 Å². The van der Waals surface area contributed by atoms with E-state index in [0.29, 0.717) is 16.5 Å². The maximum Gasteiger partial charge on any atom is 0.255 e. The molecule has 0 aliphatic heterocycles. The van der Waals surface area contributed by atoms with Gasteiger partial charge in [0.25, 0.3) is 5.91 Å². The minimum Gasteiger partial charge on any atom is -0.322 e. The van der Waals surface area contributed by atoms with Crippen LogP contribution in [0.4, 0.5) is 5.69 Å². The Balaban J connectivity index is 1.89. The van der Waals surface area contributed by atoms with Crippen molar-refractivity contribution in [1.82, 2.24) is 24.5 Å². The summed E-state index contributed by atoms with van der Waals surface area (Å²) in [6, 6.07) is 11.1. The van der Waals surface area contributed by atoms with Gasteiger partial charge in [-0.05, 0) is 53.1 Å². The molecule has 2 aromatic carbocycles. The molecule has 3 aromatic rings. The Bertz CT molecular complexity index is 1160. The summed E-state index contributed by atoms with van der Waals surface area (Å²) in [6.07, 6.45) is 1.85. The molecule has 0 radical (unpaired) electrons. The fraction of sp³-hybridized carbons (Fsp3) is 0.176. The number of thioether (sulfide) groups is 1. The number of aromatic nitrogens is 4. The normalized spacial score (nSPS) is 11.6. The summed E-state index contributed by atoms with van der Waals surface area (Å²) in [5, 5.41) is 14.9. The fourth-order valence-corrected chi connectivity index (χ4v) is 4.25. The molecule has 1 N–H and O–H groups in total. The summed E-state index contributed by atoms with van der Waals surface area (Å²) in [5.41, 5.74) is 1.33. The maximum atomic E-state index is 12.7. The first kappa shape index (κ1) is 21.2. The third kappa shape index (κ3) is 4.42. The minimum absolute atomic E-state index is 0.0422. The molecule has 152 valence electrons. The fourth-order valence-electron chi connectivity index (χ4n) is 2.43. The van der Waals surface area contributed by atoms with Gasteiger partial charge in [-0.3, -0.25) is 4.79 Å². The highest BCUT2D eigenvalue weighted by atomic mass is 35.5. The van der Waals surface area contributed by atoms with Crippen LogP contribution in [0.15, 0.2) is 52.5 Å². The second-order valence-corrected chi connectivity index (χ2v) is 9.32. The number of sulfonamides is 1. The molecule has 3 rings (SSSR count). The zero-order valence-electron chi connectivity index (χ0n) is 15.7. The van der Waals surface area contributed by atoms with Gasteiger partial charge in [-0.1, -0.05) is 29.4 Å². The van der Waals surface area contributed by atoms with E-state index in [1.54, 1.807) is 28.9 Å². The molecule has 1 aromatic heterocycles. The van der Waals surface area contributed by atoms with E-state index in [1.165, 1.54) is 44.1 Å². The molecule has 0 aliphatic carbocycles.